The molecule has 0 aliphatic carbocycles. The maximum atomic E-state index is 12.1. The number of nitrogens with one attached hydrogen (secondary N) is 1. The Morgan fingerprint density at radius 3 is 2.55 bits per heavy atom. The number of nitrogens with two attached hydrogens (primary N) is 1. The van der Waals surface area contributed by atoms with Crippen molar-refractivity contribution in [2.24, 2.45) is 5.73 Å². The Bertz CT molecular complexity index is 612. The van der Waals surface area contributed by atoms with Crippen molar-refractivity contribution in [2.45, 2.75) is 6.61 Å². The fourth-order valence-corrected chi connectivity index (χ4v) is 1.94. The molecule has 0 saturated heterocycles. The van der Waals surface area contributed by atoms with Crippen LogP contribution in [0.2, 0.25) is 0 Å². The summed E-state index contributed by atoms with van der Waals surface area (Å²) in [6, 6.07) is 14.7. The normalized spacial score (nSPS) is 10.1. The number of hydrogen-bond donors (Lipinski definition) is 2. The van der Waals surface area contributed by atoms with Crippen LogP contribution < -0.4 is 20.5 Å². The highest BCUT2D eigenvalue weighted by Gasteiger charge is 2.11. The topological polar surface area (TPSA) is 73.6 Å². The molecule has 116 valence electrons. The van der Waals surface area contributed by atoms with Gasteiger partial charge in [-0.1, -0.05) is 24.3 Å². The highest BCUT2D eigenvalue weighted by molar-refractivity contribution is 5.96. The van der Waals surface area contributed by atoms with Crippen LogP contribution in [0, 0.1) is 0 Å². The molecule has 0 radical (unpaired) electrons. The second kappa shape index (κ2) is 8.05. The van der Waals surface area contributed by atoms with E-state index in [1.165, 1.54) is 0 Å². The molecule has 0 aromatic heterocycles. The summed E-state index contributed by atoms with van der Waals surface area (Å²) in [7, 11) is 1.63. The first-order chi connectivity index (χ1) is 10.7. The minimum absolute atomic E-state index is 0.184. The van der Waals surface area contributed by atoms with Crippen molar-refractivity contribution in [3.8, 4) is 11.5 Å². The molecule has 3 N–H and O–H groups in total. The van der Waals surface area contributed by atoms with Crippen molar-refractivity contribution in [3.63, 3.8) is 0 Å². The Hall–Kier alpha value is -2.53. The quantitative estimate of drug-likeness (QED) is 0.820. The summed E-state index contributed by atoms with van der Waals surface area (Å²) in [4.78, 5) is 12.1. The molecule has 22 heavy (non-hydrogen) atoms. The molecule has 0 aliphatic heterocycles. The van der Waals surface area contributed by atoms with Crippen molar-refractivity contribution in [1.29, 1.82) is 0 Å². The zero-order valence-electron chi connectivity index (χ0n) is 12.5. The van der Waals surface area contributed by atoms with E-state index in [0.717, 1.165) is 11.3 Å². The van der Waals surface area contributed by atoms with Crippen molar-refractivity contribution in [3.05, 3.63) is 59.7 Å². The number of hydrogen-bond acceptors (Lipinski definition) is 4. The monoisotopic (exact) mass is 300 g/mol. The Morgan fingerprint density at radius 2 is 1.86 bits per heavy atom. The molecular formula is C17H20N2O3. The molecule has 5 nitrogen and oxygen atoms in total. The van der Waals surface area contributed by atoms with E-state index in [1.807, 2.05) is 30.3 Å². The Balaban J connectivity index is 2.04. The molecule has 5 heteroatoms. The van der Waals surface area contributed by atoms with Gasteiger partial charge in [-0.15, -0.1) is 0 Å². The average Bonchev–Trinajstić information content (AvgIpc) is 2.58. The molecular weight excluding hydrogens is 280 g/mol. The highest BCUT2D eigenvalue weighted by Crippen LogP contribution is 2.20. The van der Waals surface area contributed by atoms with E-state index >= 15 is 0 Å². The maximum absolute atomic E-state index is 12.1. The van der Waals surface area contributed by atoms with Gasteiger partial charge >= 0.3 is 0 Å². The van der Waals surface area contributed by atoms with Crippen molar-refractivity contribution >= 4 is 5.91 Å². The molecule has 2 aromatic rings. The van der Waals surface area contributed by atoms with Crippen molar-refractivity contribution < 1.29 is 14.3 Å². The lowest BCUT2D eigenvalue weighted by Gasteiger charge is -2.11. The number of carbonyl (C=O) groups excluding carboxylic acids is 1. The lowest BCUT2D eigenvalue weighted by molar-refractivity contribution is 0.0950. The van der Waals surface area contributed by atoms with Gasteiger partial charge < -0.3 is 20.5 Å². The molecule has 0 spiro atoms. The van der Waals surface area contributed by atoms with Gasteiger partial charge in [-0.25, -0.2) is 0 Å². The van der Waals surface area contributed by atoms with Crippen LogP contribution in [0.25, 0.3) is 0 Å². The van der Waals surface area contributed by atoms with Gasteiger partial charge in [-0.2, -0.15) is 0 Å². The Labute approximate surface area is 130 Å². The lowest BCUT2D eigenvalue weighted by atomic mass is 10.2. The summed E-state index contributed by atoms with van der Waals surface area (Å²) in [6.07, 6.45) is 0. The third-order valence-electron chi connectivity index (χ3n) is 3.11. The van der Waals surface area contributed by atoms with Gasteiger partial charge in [-0.05, 0) is 29.8 Å². The minimum atomic E-state index is -0.184. The maximum Gasteiger partial charge on any atom is 0.255 e. The number of methoxy groups -OCH3 is 1. The molecule has 0 heterocycles. The predicted octanol–water partition coefficient (Wildman–Crippen LogP) is 1.96. The number of rotatable bonds is 7. The van der Waals surface area contributed by atoms with E-state index in [0.29, 0.717) is 31.0 Å². The second-order valence-electron chi connectivity index (χ2n) is 4.68. The van der Waals surface area contributed by atoms with E-state index < -0.39 is 0 Å². The third kappa shape index (κ3) is 4.23. The SMILES string of the molecule is COc1ccc(COc2ccccc2C(=O)NCCN)cc1. The van der Waals surface area contributed by atoms with Gasteiger partial charge in [0, 0.05) is 13.1 Å². The predicted molar refractivity (Wildman–Crippen MR) is 85.2 cm³/mol. The number of ether oxygens (including phenoxy) is 2. The van der Waals surface area contributed by atoms with Crippen molar-refractivity contribution in [2.75, 3.05) is 20.2 Å². The first kappa shape index (κ1) is 15.9. The second-order valence-corrected chi connectivity index (χ2v) is 4.68. The van der Waals surface area contributed by atoms with Crippen LogP contribution in [0.4, 0.5) is 0 Å². The van der Waals surface area contributed by atoms with Gasteiger partial charge in [0.25, 0.3) is 5.91 Å². The van der Waals surface area contributed by atoms with Gasteiger partial charge in [0.05, 0.1) is 12.7 Å². The summed E-state index contributed by atoms with van der Waals surface area (Å²) < 4.78 is 10.9. The van der Waals surface area contributed by atoms with Gasteiger partial charge in [0.15, 0.2) is 0 Å². The Kier molecular flexibility index (Phi) is 5.80. The van der Waals surface area contributed by atoms with Crippen LogP contribution in [-0.4, -0.2) is 26.1 Å². The number of amides is 1. The first-order valence-electron chi connectivity index (χ1n) is 7.07. The zero-order chi connectivity index (χ0) is 15.8. The highest BCUT2D eigenvalue weighted by atomic mass is 16.5. The molecule has 0 bridgehead atoms. The molecule has 0 fully saturated rings. The molecule has 1 amide bonds. The number of benzene rings is 2. The van der Waals surface area contributed by atoms with E-state index in [9.17, 15) is 4.79 Å². The van der Waals surface area contributed by atoms with E-state index in [1.54, 1.807) is 25.3 Å². The standard InChI is InChI=1S/C17H20N2O3/c1-21-14-8-6-13(7-9-14)12-22-16-5-3-2-4-15(16)17(20)19-11-10-18/h2-9H,10-12,18H2,1H3,(H,19,20). The third-order valence-corrected chi connectivity index (χ3v) is 3.11. The summed E-state index contributed by atoms with van der Waals surface area (Å²) in [6.45, 7) is 1.22. The van der Waals surface area contributed by atoms with E-state index in [-0.39, 0.29) is 5.91 Å². The van der Waals surface area contributed by atoms with Crippen LogP contribution in [0.3, 0.4) is 0 Å². The van der Waals surface area contributed by atoms with Crippen LogP contribution in [-0.2, 0) is 6.61 Å². The fraction of sp³-hybridized carbons (Fsp3) is 0.235. The van der Waals surface area contributed by atoms with E-state index in [4.69, 9.17) is 15.2 Å². The molecule has 0 saturated carbocycles. The fourth-order valence-electron chi connectivity index (χ4n) is 1.94. The van der Waals surface area contributed by atoms with Crippen LogP contribution in [0.15, 0.2) is 48.5 Å². The largest absolute Gasteiger partial charge is 0.497 e. The van der Waals surface area contributed by atoms with Gasteiger partial charge in [0.1, 0.15) is 18.1 Å². The van der Waals surface area contributed by atoms with Crippen molar-refractivity contribution in [1.82, 2.24) is 5.32 Å². The lowest BCUT2D eigenvalue weighted by Crippen LogP contribution is -2.29. The summed E-state index contributed by atoms with van der Waals surface area (Å²) >= 11 is 0. The first-order valence-corrected chi connectivity index (χ1v) is 7.07. The molecule has 2 aromatic carbocycles. The minimum Gasteiger partial charge on any atom is -0.497 e. The number of para-hydroxylation sites is 1. The zero-order valence-corrected chi connectivity index (χ0v) is 12.5. The van der Waals surface area contributed by atoms with Crippen LogP contribution in [0.1, 0.15) is 15.9 Å². The van der Waals surface area contributed by atoms with Crippen LogP contribution in [0.5, 0.6) is 11.5 Å². The summed E-state index contributed by atoms with van der Waals surface area (Å²) in [5, 5.41) is 2.74. The van der Waals surface area contributed by atoms with E-state index in [2.05, 4.69) is 5.32 Å². The molecule has 0 aliphatic rings. The molecule has 0 unspecified atom stereocenters. The van der Waals surface area contributed by atoms with Gasteiger partial charge in [0.2, 0.25) is 0 Å². The molecule has 2 rings (SSSR count). The average molecular weight is 300 g/mol. The summed E-state index contributed by atoms with van der Waals surface area (Å²) in [5.41, 5.74) is 6.90. The van der Waals surface area contributed by atoms with Gasteiger partial charge in [-0.3, -0.25) is 4.79 Å². The number of carbonyl (C=O) groups is 1. The smallest absolute Gasteiger partial charge is 0.255 e. The molecule has 0 atom stereocenters. The Morgan fingerprint density at radius 1 is 1.14 bits per heavy atom. The van der Waals surface area contributed by atoms with Crippen LogP contribution >= 0.6 is 0 Å². The summed E-state index contributed by atoms with van der Waals surface area (Å²) in [5.74, 6) is 1.16.